The molecule has 144 valence electrons. The van der Waals surface area contributed by atoms with Gasteiger partial charge >= 0.3 is 12.3 Å². The molecule has 0 bridgehead atoms. The SMILES string of the molecule is CCOc1ccccc1NC(=O)COC(=O)c1ccc(OC(F)(F)F)cc1. The molecule has 0 aliphatic heterocycles. The third-order valence-electron chi connectivity index (χ3n) is 3.12. The number of hydrogen-bond acceptors (Lipinski definition) is 5. The van der Waals surface area contributed by atoms with Gasteiger partial charge in [-0.25, -0.2) is 4.79 Å². The van der Waals surface area contributed by atoms with Crippen LogP contribution in [0, 0.1) is 0 Å². The standard InChI is InChI=1S/C18H16F3NO5/c1-2-25-15-6-4-3-5-14(15)22-16(23)11-26-17(24)12-7-9-13(10-8-12)27-18(19,20)21/h3-10H,2,11H2,1H3,(H,22,23). The number of rotatable bonds is 7. The molecule has 0 radical (unpaired) electrons. The van der Waals surface area contributed by atoms with Crippen molar-refractivity contribution in [1.82, 2.24) is 0 Å². The molecule has 0 aliphatic rings. The molecule has 2 rings (SSSR count). The van der Waals surface area contributed by atoms with Gasteiger partial charge in [-0.05, 0) is 43.3 Å². The molecule has 0 saturated heterocycles. The molecule has 2 aromatic carbocycles. The number of carbonyl (C=O) groups excluding carboxylic acids is 2. The number of esters is 1. The van der Waals surface area contributed by atoms with E-state index in [1.165, 1.54) is 0 Å². The lowest BCUT2D eigenvalue weighted by Crippen LogP contribution is -2.21. The lowest BCUT2D eigenvalue weighted by molar-refractivity contribution is -0.274. The van der Waals surface area contributed by atoms with Crippen molar-refractivity contribution < 1.29 is 37.0 Å². The van der Waals surface area contributed by atoms with Crippen LogP contribution < -0.4 is 14.8 Å². The molecular formula is C18H16F3NO5. The van der Waals surface area contributed by atoms with Crippen LogP contribution in [0.3, 0.4) is 0 Å². The van der Waals surface area contributed by atoms with Crippen molar-refractivity contribution in [1.29, 1.82) is 0 Å². The molecule has 0 saturated carbocycles. The van der Waals surface area contributed by atoms with Crippen LogP contribution in [0.4, 0.5) is 18.9 Å². The average Bonchev–Trinajstić information content (AvgIpc) is 2.61. The number of ether oxygens (including phenoxy) is 3. The van der Waals surface area contributed by atoms with E-state index < -0.39 is 30.6 Å². The van der Waals surface area contributed by atoms with Gasteiger partial charge in [0.05, 0.1) is 17.9 Å². The van der Waals surface area contributed by atoms with Crippen LogP contribution in [0.1, 0.15) is 17.3 Å². The van der Waals surface area contributed by atoms with Crippen molar-refractivity contribution in [2.45, 2.75) is 13.3 Å². The minimum Gasteiger partial charge on any atom is -0.492 e. The molecule has 0 unspecified atom stereocenters. The number of hydrogen-bond donors (Lipinski definition) is 1. The fraction of sp³-hybridized carbons (Fsp3) is 0.222. The third-order valence-corrected chi connectivity index (χ3v) is 3.12. The highest BCUT2D eigenvalue weighted by Crippen LogP contribution is 2.24. The lowest BCUT2D eigenvalue weighted by atomic mass is 10.2. The summed E-state index contributed by atoms with van der Waals surface area (Å²) < 4.78 is 50.2. The van der Waals surface area contributed by atoms with Crippen molar-refractivity contribution in [3.8, 4) is 11.5 Å². The second kappa shape index (κ2) is 8.93. The third kappa shape index (κ3) is 6.53. The summed E-state index contributed by atoms with van der Waals surface area (Å²) in [5.74, 6) is -1.45. The van der Waals surface area contributed by atoms with E-state index in [0.29, 0.717) is 18.0 Å². The van der Waals surface area contributed by atoms with Gasteiger partial charge in [-0.2, -0.15) is 0 Å². The van der Waals surface area contributed by atoms with E-state index >= 15 is 0 Å². The summed E-state index contributed by atoms with van der Waals surface area (Å²) in [6, 6.07) is 10.9. The Balaban J connectivity index is 1.89. The Kier molecular flexibility index (Phi) is 6.64. The van der Waals surface area contributed by atoms with Crippen molar-refractivity contribution >= 4 is 17.6 Å². The molecule has 0 aromatic heterocycles. The van der Waals surface area contributed by atoms with Crippen LogP contribution in [0.5, 0.6) is 11.5 Å². The van der Waals surface area contributed by atoms with Crippen LogP contribution >= 0.6 is 0 Å². The molecule has 9 heteroatoms. The van der Waals surface area contributed by atoms with Crippen molar-refractivity contribution in [2.75, 3.05) is 18.5 Å². The Morgan fingerprint density at radius 3 is 2.33 bits per heavy atom. The van der Waals surface area contributed by atoms with E-state index in [4.69, 9.17) is 9.47 Å². The maximum atomic E-state index is 12.1. The largest absolute Gasteiger partial charge is 0.573 e. The summed E-state index contributed by atoms with van der Waals surface area (Å²) in [5.41, 5.74) is 0.404. The second-order valence-corrected chi connectivity index (χ2v) is 5.13. The van der Waals surface area contributed by atoms with Gasteiger partial charge in [0.25, 0.3) is 5.91 Å². The lowest BCUT2D eigenvalue weighted by Gasteiger charge is -2.11. The Hall–Kier alpha value is -3.23. The van der Waals surface area contributed by atoms with Gasteiger partial charge in [0, 0.05) is 0 Å². The number of nitrogens with one attached hydrogen (secondary N) is 1. The van der Waals surface area contributed by atoms with E-state index in [9.17, 15) is 22.8 Å². The maximum absolute atomic E-state index is 12.1. The van der Waals surface area contributed by atoms with Gasteiger partial charge in [0.15, 0.2) is 6.61 Å². The van der Waals surface area contributed by atoms with Crippen LogP contribution in [0.15, 0.2) is 48.5 Å². The zero-order valence-corrected chi connectivity index (χ0v) is 14.2. The molecule has 1 amide bonds. The zero-order valence-electron chi connectivity index (χ0n) is 14.2. The predicted octanol–water partition coefficient (Wildman–Crippen LogP) is 3.78. The average molecular weight is 383 g/mol. The molecule has 0 spiro atoms. The Bertz CT molecular complexity index is 790. The smallest absolute Gasteiger partial charge is 0.492 e. The molecule has 1 N–H and O–H groups in total. The number of carbonyl (C=O) groups is 2. The van der Waals surface area contributed by atoms with E-state index in [-0.39, 0.29) is 5.56 Å². The first kappa shape index (κ1) is 20.1. The first-order chi connectivity index (χ1) is 12.8. The number of anilines is 1. The first-order valence-corrected chi connectivity index (χ1v) is 7.83. The normalized spacial score (nSPS) is 10.8. The van der Waals surface area contributed by atoms with Crippen molar-refractivity contribution in [2.24, 2.45) is 0 Å². The molecule has 0 atom stereocenters. The summed E-state index contributed by atoms with van der Waals surface area (Å²) in [4.78, 5) is 23.8. The Morgan fingerprint density at radius 2 is 1.70 bits per heavy atom. The molecular weight excluding hydrogens is 367 g/mol. The highest BCUT2D eigenvalue weighted by molar-refractivity contribution is 5.96. The second-order valence-electron chi connectivity index (χ2n) is 5.13. The van der Waals surface area contributed by atoms with Crippen LogP contribution in [-0.4, -0.2) is 31.5 Å². The highest BCUT2D eigenvalue weighted by atomic mass is 19.4. The summed E-state index contributed by atoms with van der Waals surface area (Å²) in [6.45, 7) is 1.64. The van der Waals surface area contributed by atoms with E-state index in [1.54, 1.807) is 31.2 Å². The minimum atomic E-state index is -4.82. The molecule has 0 fully saturated rings. The number of alkyl halides is 3. The van der Waals surface area contributed by atoms with Gasteiger partial charge in [-0.3, -0.25) is 4.79 Å². The molecule has 2 aromatic rings. The first-order valence-electron chi connectivity index (χ1n) is 7.83. The summed E-state index contributed by atoms with van der Waals surface area (Å²) in [6.07, 6.45) is -4.82. The number of halogens is 3. The number of benzene rings is 2. The summed E-state index contributed by atoms with van der Waals surface area (Å²) in [5, 5.41) is 2.55. The minimum absolute atomic E-state index is 0.0213. The van der Waals surface area contributed by atoms with Gasteiger partial charge in [-0.15, -0.1) is 13.2 Å². The monoisotopic (exact) mass is 383 g/mol. The van der Waals surface area contributed by atoms with Crippen LogP contribution in [0.25, 0.3) is 0 Å². The summed E-state index contributed by atoms with van der Waals surface area (Å²) in [7, 11) is 0. The van der Waals surface area contributed by atoms with E-state index in [0.717, 1.165) is 24.3 Å². The van der Waals surface area contributed by atoms with Gasteiger partial charge in [0.1, 0.15) is 11.5 Å². The van der Waals surface area contributed by atoms with E-state index in [2.05, 4.69) is 10.1 Å². The number of amides is 1. The molecule has 27 heavy (non-hydrogen) atoms. The molecule has 6 nitrogen and oxygen atoms in total. The topological polar surface area (TPSA) is 73.9 Å². The number of para-hydroxylation sites is 2. The van der Waals surface area contributed by atoms with Crippen molar-refractivity contribution in [3.63, 3.8) is 0 Å². The predicted molar refractivity (Wildman–Crippen MR) is 89.6 cm³/mol. The fourth-order valence-corrected chi connectivity index (χ4v) is 2.04. The quantitative estimate of drug-likeness (QED) is 0.737. The molecule has 0 aliphatic carbocycles. The fourth-order valence-electron chi connectivity index (χ4n) is 2.04. The highest BCUT2D eigenvalue weighted by Gasteiger charge is 2.31. The summed E-state index contributed by atoms with van der Waals surface area (Å²) >= 11 is 0. The van der Waals surface area contributed by atoms with Gasteiger partial charge in [0.2, 0.25) is 0 Å². The Labute approximate surface area is 152 Å². The molecule has 0 heterocycles. The van der Waals surface area contributed by atoms with Crippen molar-refractivity contribution in [3.05, 3.63) is 54.1 Å². The maximum Gasteiger partial charge on any atom is 0.573 e. The van der Waals surface area contributed by atoms with E-state index in [1.807, 2.05) is 0 Å². The van der Waals surface area contributed by atoms with Gasteiger partial charge < -0.3 is 19.5 Å². The zero-order chi connectivity index (χ0) is 19.9. The van der Waals surface area contributed by atoms with Gasteiger partial charge in [-0.1, -0.05) is 12.1 Å². The van der Waals surface area contributed by atoms with Crippen LogP contribution in [-0.2, 0) is 9.53 Å². The van der Waals surface area contributed by atoms with Crippen LogP contribution in [0.2, 0.25) is 0 Å². The Morgan fingerprint density at radius 1 is 1.04 bits per heavy atom.